The molecule has 2 unspecified atom stereocenters. The molecular formula is C82H160O17P2. The first kappa shape index (κ1) is 99.1. The summed E-state index contributed by atoms with van der Waals surface area (Å²) in [6.45, 7) is 7.26. The van der Waals surface area contributed by atoms with Crippen LogP contribution in [0.3, 0.4) is 0 Å². The summed E-state index contributed by atoms with van der Waals surface area (Å²) >= 11 is 0. The Balaban J connectivity index is 5.20. The molecule has 0 spiro atoms. The topological polar surface area (TPSA) is 237 Å². The first-order valence-electron chi connectivity index (χ1n) is 42.6. The Labute approximate surface area is 619 Å². The first-order chi connectivity index (χ1) is 49.0. The highest BCUT2D eigenvalue weighted by Gasteiger charge is 2.30. The lowest BCUT2D eigenvalue weighted by Crippen LogP contribution is -2.30. The van der Waals surface area contributed by atoms with E-state index in [0.29, 0.717) is 31.6 Å². The summed E-state index contributed by atoms with van der Waals surface area (Å²) in [6.07, 6.45) is 66.8. The van der Waals surface area contributed by atoms with E-state index in [1.165, 1.54) is 257 Å². The second-order valence-electron chi connectivity index (χ2n) is 30.0. The number of ether oxygens (including phenoxy) is 4. The molecule has 0 amide bonds. The van der Waals surface area contributed by atoms with Gasteiger partial charge in [0.25, 0.3) is 0 Å². The Hall–Kier alpha value is -1.94. The van der Waals surface area contributed by atoms with E-state index in [0.717, 1.165) is 96.3 Å². The molecule has 3 N–H and O–H groups in total. The zero-order valence-electron chi connectivity index (χ0n) is 66.1. The fraction of sp³-hybridized carbons (Fsp3) is 0.951. The van der Waals surface area contributed by atoms with Crippen LogP contribution in [0.15, 0.2) is 0 Å². The molecule has 5 atom stereocenters. The molecule has 0 saturated heterocycles. The van der Waals surface area contributed by atoms with Crippen LogP contribution in [0.4, 0.5) is 0 Å². The monoisotopic (exact) mass is 1480 g/mol. The number of esters is 4. The van der Waals surface area contributed by atoms with Gasteiger partial charge in [-0.15, -0.1) is 0 Å². The molecule has 600 valence electrons. The van der Waals surface area contributed by atoms with Crippen LogP contribution < -0.4 is 0 Å². The van der Waals surface area contributed by atoms with Gasteiger partial charge in [0.15, 0.2) is 12.2 Å². The molecule has 0 aromatic rings. The molecule has 0 aliphatic carbocycles. The SMILES string of the molecule is CCCCCCCCCCCCCCCCCCCCCCCC(=O)O[C@H](COC(=O)CCCCCCCCCCCCCCCCCC)COP(=O)(O)OC[C@@H](O)COP(=O)(O)OC[C@@H](COC(=O)CCCCCCCCC(C)C)OC(=O)CCCCCCCCCCCCCCCCC. The average Bonchev–Trinajstić information content (AvgIpc) is 1.07. The molecular weight excluding hydrogens is 1320 g/mol. The maximum atomic E-state index is 13.1. The summed E-state index contributed by atoms with van der Waals surface area (Å²) < 4.78 is 68.7. The smallest absolute Gasteiger partial charge is 0.462 e. The Morgan fingerprint density at radius 3 is 0.673 bits per heavy atom. The zero-order valence-corrected chi connectivity index (χ0v) is 67.8. The van der Waals surface area contributed by atoms with Gasteiger partial charge < -0.3 is 33.8 Å². The third-order valence-corrected chi connectivity index (χ3v) is 21.2. The Kier molecular flexibility index (Phi) is 73.5. The second kappa shape index (κ2) is 74.9. The van der Waals surface area contributed by atoms with E-state index in [9.17, 15) is 43.2 Å². The van der Waals surface area contributed by atoms with E-state index in [1.807, 2.05) is 0 Å². The number of carbonyl (C=O) groups is 4. The van der Waals surface area contributed by atoms with Crippen molar-refractivity contribution in [1.82, 2.24) is 0 Å². The normalized spacial score (nSPS) is 13.8. The van der Waals surface area contributed by atoms with Crippen molar-refractivity contribution >= 4 is 39.5 Å². The summed E-state index contributed by atoms with van der Waals surface area (Å²) in [4.78, 5) is 73.0. The minimum Gasteiger partial charge on any atom is -0.462 e. The van der Waals surface area contributed by atoms with E-state index in [1.54, 1.807) is 0 Å². The molecule has 0 heterocycles. The Morgan fingerprint density at radius 2 is 0.455 bits per heavy atom. The van der Waals surface area contributed by atoms with E-state index in [2.05, 4.69) is 34.6 Å². The third-order valence-electron chi connectivity index (χ3n) is 19.3. The number of phosphoric ester groups is 2. The lowest BCUT2D eigenvalue weighted by molar-refractivity contribution is -0.161. The van der Waals surface area contributed by atoms with Gasteiger partial charge in [-0.05, 0) is 31.6 Å². The Bertz CT molecular complexity index is 1930. The maximum absolute atomic E-state index is 13.1. The third kappa shape index (κ3) is 76.1. The lowest BCUT2D eigenvalue weighted by atomic mass is 10.0. The fourth-order valence-corrected chi connectivity index (χ4v) is 14.3. The summed E-state index contributed by atoms with van der Waals surface area (Å²) in [5.74, 6) is -1.43. The molecule has 17 nitrogen and oxygen atoms in total. The van der Waals surface area contributed by atoms with Crippen molar-refractivity contribution in [2.24, 2.45) is 5.92 Å². The number of aliphatic hydroxyl groups excluding tert-OH is 1. The van der Waals surface area contributed by atoms with Crippen LogP contribution in [0.2, 0.25) is 0 Å². The molecule has 0 aliphatic rings. The number of unbranched alkanes of at least 4 members (excludes halogenated alkanes) is 54. The summed E-state index contributed by atoms with van der Waals surface area (Å²) in [5.41, 5.74) is 0. The van der Waals surface area contributed by atoms with Crippen LogP contribution in [0, 0.1) is 5.92 Å². The second-order valence-corrected chi connectivity index (χ2v) is 32.9. The van der Waals surface area contributed by atoms with Crippen LogP contribution >= 0.6 is 15.6 Å². The number of hydrogen-bond donors (Lipinski definition) is 3. The Morgan fingerprint density at radius 1 is 0.267 bits per heavy atom. The predicted octanol–water partition coefficient (Wildman–Crippen LogP) is 24.8. The van der Waals surface area contributed by atoms with Gasteiger partial charge >= 0.3 is 39.5 Å². The van der Waals surface area contributed by atoms with Gasteiger partial charge in [0.2, 0.25) is 0 Å². The quantitative estimate of drug-likeness (QED) is 0.0222. The number of hydrogen-bond acceptors (Lipinski definition) is 15. The van der Waals surface area contributed by atoms with Gasteiger partial charge in [0.05, 0.1) is 26.4 Å². The largest absolute Gasteiger partial charge is 0.472 e. The standard InChI is InChI=1S/C82H160O17P2/c1-6-9-12-15-18-21-24-27-30-32-33-34-35-36-39-42-45-48-51-58-63-67-81(86)98-77(71-92-79(84)65-60-55-49-46-43-40-38-31-28-25-22-19-16-13-10-7-2)73-96-100(88,89)94-69-76(83)70-95-101(90,91)97-74-78(72-93-80(85)66-61-56-53-52-54-59-64-75(4)5)99-82(87)68-62-57-50-47-44-41-37-29-26-23-20-17-14-11-8-3/h75-78,83H,6-74H2,1-5H3,(H,88,89)(H,90,91)/t76-,77-,78-/m1/s1. The van der Waals surface area contributed by atoms with Gasteiger partial charge in [-0.3, -0.25) is 37.3 Å². The molecule has 0 fully saturated rings. The maximum Gasteiger partial charge on any atom is 0.472 e. The molecule has 0 aromatic heterocycles. The molecule has 101 heavy (non-hydrogen) atoms. The van der Waals surface area contributed by atoms with E-state index < -0.39 is 97.5 Å². The van der Waals surface area contributed by atoms with Crippen molar-refractivity contribution in [2.45, 2.75) is 457 Å². The van der Waals surface area contributed by atoms with Crippen molar-refractivity contribution < 1.29 is 80.2 Å². The fourth-order valence-electron chi connectivity index (χ4n) is 12.8. The van der Waals surface area contributed by atoms with Gasteiger partial charge in [0.1, 0.15) is 19.3 Å². The van der Waals surface area contributed by atoms with Gasteiger partial charge in [-0.1, -0.05) is 388 Å². The number of carbonyl (C=O) groups excluding carboxylic acids is 4. The summed E-state index contributed by atoms with van der Waals surface area (Å²) in [5, 5.41) is 10.6. The molecule has 0 rings (SSSR count). The molecule has 0 saturated carbocycles. The van der Waals surface area contributed by atoms with Crippen LogP contribution in [-0.2, 0) is 65.4 Å². The highest BCUT2D eigenvalue weighted by Crippen LogP contribution is 2.45. The number of phosphoric acid groups is 2. The van der Waals surface area contributed by atoms with Gasteiger partial charge in [-0.25, -0.2) is 9.13 Å². The van der Waals surface area contributed by atoms with Crippen LogP contribution in [0.5, 0.6) is 0 Å². The van der Waals surface area contributed by atoms with E-state index >= 15 is 0 Å². The number of aliphatic hydroxyl groups is 1. The lowest BCUT2D eigenvalue weighted by Gasteiger charge is -2.21. The molecule has 0 radical (unpaired) electrons. The summed E-state index contributed by atoms with van der Waals surface area (Å²) in [7, 11) is -9.92. The predicted molar refractivity (Wildman–Crippen MR) is 414 cm³/mol. The highest BCUT2D eigenvalue weighted by atomic mass is 31.2. The molecule has 0 bridgehead atoms. The minimum atomic E-state index is -4.96. The highest BCUT2D eigenvalue weighted by molar-refractivity contribution is 7.47. The zero-order chi connectivity index (χ0) is 74.1. The first-order valence-corrected chi connectivity index (χ1v) is 45.6. The van der Waals surface area contributed by atoms with Crippen molar-refractivity contribution in [2.75, 3.05) is 39.6 Å². The van der Waals surface area contributed by atoms with Gasteiger partial charge in [-0.2, -0.15) is 0 Å². The molecule has 19 heteroatoms. The molecule has 0 aliphatic heterocycles. The van der Waals surface area contributed by atoms with E-state index in [-0.39, 0.29) is 25.7 Å². The van der Waals surface area contributed by atoms with E-state index in [4.69, 9.17) is 37.0 Å². The van der Waals surface area contributed by atoms with Crippen LogP contribution in [-0.4, -0.2) is 96.7 Å². The van der Waals surface area contributed by atoms with Crippen LogP contribution in [0.25, 0.3) is 0 Å². The summed E-state index contributed by atoms with van der Waals surface area (Å²) in [6, 6.07) is 0. The van der Waals surface area contributed by atoms with Crippen molar-refractivity contribution in [1.29, 1.82) is 0 Å². The van der Waals surface area contributed by atoms with Crippen molar-refractivity contribution in [3.8, 4) is 0 Å². The number of rotatable bonds is 82. The van der Waals surface area contributed by atoms with Crippen molar-refractivity contribution in [3.63, 3.8) is 0 Å². The van der Waals surface area contributed by atoms with Crippen molar-refractivity contribution in [3.05, 3.63) is 0 Å². The van der Waals surface area contributed by atoms with Gasteiger partial charge in [0, 0.05) is 25.7 Å². The molecule has 0 aromatic carbocycles. The average molecular weight is 1480 g/mol. The minimum absolute atomic E-state index is 0.108. The van der Waals surface area contributed by atoms with Crippen LogP contribution in [0.1, 0.15) is 439 Å².